The van der Waals surface area contributed by atoms with Gasteiger partial charge in [0.25, 0.3) is 10.1 Å². The first-order chi connectivity index (χ1) is 8.31. The molecule has 6 heteroatoms. The van der Waals surface area contributed by atoms with Crippen LogP contribution in [-0.4, -0.2) is 47.9 Å². The topological polar surface area (TPSA) is 77.8 Å². The van der Waals surface area contributed by atoms with E-state index in [1.165, 1.54) is 0 Å². The number of aliphatic hydroxyl groups is 1. The van der Waals surface area contributed by atoms with Crippen LogP contribution in [0.4, 0.5) is 0 Å². The van der Waals surface area contributed by atoms with Crippen LogP contribution in [0.15, 0.2) is 36.1 Å². The lowest BCUT2D eigenvalue weighted by Crippen LogP contribution is -2.36. The zero-order valence-corrected chi connectivity index (χ0v) is 11.2. The molecule has 1 aliphatic carbocycles. The van der Waals surface area contributed by atoms with Crippen LogP contribution in [0.5, 0.6) is 0 Å². The minimum absolute atomic E-state index is 0.170. The Hall–Kier alpha value is -1.11. The van der Waals surface area contributed by atoms with Gasteiger partial charge in [0.1, 0.15) is 5.75 Å². The van der Waals surface area contributed by atoms with Crippen LogP contribution in [0.25, 0.3) is 0 Å². The molecule has 1 rings (SSSR count). The Balaban J connectivity index is 2.65. The molecule has 0 amide bonds. The Morgan fingerprint density at radius 2 is 2.22 bits per heavy atom. The maximum absolute atomic E-state index is 10.7. The summed E-state index contributed by atoms with van der Waals surface area (Å²) in [5, 5.41) is 9.63. The van der Waals surface area contributed by atoms with Crippen molar-refractivity contribution >= 4 is 10.1 Å². The van der Waals surface area contributed by atoms with Gasteiger partial charge in [-0.05, 0) is 18.6 Å². The molecule has 1 atom stereocenters. The van der Waals surface area contributed by atoms with Crippen molar-refractivity contribution in [3.05, 3.63) is 36.1 Å². The first kappa shape index (κ1) is 14.9. The Kier molecular flexibility index (Phi) is 5.13. The average molecular weight is 273 g/mol. The van der Waals surface area contributed by atoms with Gasteiger partial charge >= 0.3 is 0 Å². The van der Waals surface area contributed by atoms with Crippen molar-refractivity contribution in [2.45, 2.75) is 19.4 Å². The zero-order valence-electron chi connectivity index (χ0n) is 10.4. The Morgan fingerprint density at radius 1 is 1.56 bits per heavy atom. The van der Waals surface area contributed by atoms with Crippen LogP contribution in [0.2, 0.25) is 0 Å². The molecule has 0 saturated carbocycles. The molecular formula is C12H19NO4S. The lowest BCUT2D eigenvalue weighted by molar-refractivity contribution is 0.147. The number of hydrogen-bond donors (Lipinski definition) is 2. The molecule has 0 aliphatic heterocycles. The van der Waals surface area contributed by atoms with Crippen LogP contribution in [0.1, 0.15) is 13.3 Å². The summed E-state index contributed by atoms with van der Waals surface area (Å²) in [6, 6.07) is 0. The molecule has 0 bridgehead atoms. The zero-order chi connectivity index (χ0) is 13.8. The first-order valence-corrected chi connectivity index (χ1v) is 7.36. The summed E-state index contributed by atoms with van der Waals surface area (Å²) < 4.78 is 30.0. The van der Waals surface area contributed by atoms with Crippen molar-refractivity contribution < 1.29 is 18.1 Å². The van der Waals surface area contributed by atoms with Crippen molar-refractivity contribution in [2.24, 2.45) is 0 Å². The summed E-state index contributed by atoms with van der Waals surface area (Å²) in [6.07, 6.45) is 5.27. The number of nitrogens with zero attached hydrogens (tertiary/aromatic N) is 1. The van der Waals surface area contributed by atoms with Gasteiger partial charge < -0.3 is 10.0 Å². The summed E-state index contributed by atoms with van der Waals surface area (Å²) in [7, 11) is -4.15. The number of likely N-dealkylation sites (N-methyl/N-ethyl adjacent to an activating group) is 1. The molecule has 0 saturated heterocycles. The third kappa shape index (κ3) is 5.03. The number of hydrogen-bond acceptors (Lipinski definition) is 4. The third-order valence-electron chi connectivity index (χ3n) is 2.65. The van der Waals surface area contributed by atoms with E-state index in [0.717, 1.165) is 11.3 Å². The molecule has 0 fully saturated rings. The number of allylic oxidation sites excluding steroid dienone is 4. The Bertz CT molecular complexity index is 464. The molecule has 2 N–H and O–H groups in total. The van der Waals surface area contributed by atoms with Gasteiger partial charge in [-0.1, -0.05) is 18.7 Å². The molecule has 18 heavy (non-hydrogen) atoms. The molecule has 0 radical (unpaired) electrons. The number of aliphatic hydroxyl groups excluding tert-OH is 1. The van der Waals surface area contributed by atoms with Gasteiger partial charge in [0.2, 0.25) is 0 Å². The normalized spacial score (nSPS) is 17.5. The van der Waals surface area contributed by atoms with Gasteiger partial charge in [0.15, 0.2) is 0 Å². The van der Waals surface area contributed by atoms with Gasteiger partial charge in [0.05, 0.1) is 6.10 Å². The lowest BCUT2D eigenvalue weighted by atomic mass is 10.1. The molecule has 1 aliphatic rings. The van der Waals surface area contributed by atoms with E-state index in [0.29, 0.717) is 13.0 Å². The summed E-state index contributed by atoms with van der Waals surface area (Å²) in [5.74, 6) is -0.645. The highest BCUT2D eigenvalue weighted by Gasteiger charge is 2.19. The molecule has 0 heterocycles. The van der Waals surface area contributed by atoms with Crippen LogP contribution < -0.4 is 0 Å². The largest absolute Gasteiger partial charge is 0.390 e. The van der Waals surface area contributed by atoms with Gasteiger partial charge in [0, 0.05) is 25.2 Å². The van der Waals surface area contributed by atoms with Crippen LogP contribution >= 0.6 is 0 Å². The van der Waals surface area contributed by atoms with Crippen molar-refractivity contribution in [3.8, 4) is 0 Å². The van der Waals surface area contributed by atoms with Crippen LogP contribution in [0, 0.1) is 0 Å². The molecule has 0 aromatic carbocycles. The van der Waals surface area contributed by atoms with Gasteiger partial charge in [-0.3, -0.25) is 4.55 Å². The summed E-state index contributed by atoms with van der Waals surface area (Å²) >= 11 is 0. The van der Waals surface area contributed by atoms with E-state index in [1.54, 1.807) is 0 Å². The number of rotatable bonds is 6. The molecule has 0 aromatic heterocycles. The second-order valence-corrected chi connectivity index (χ2v) is 5.79. The molecule has 5 nitrogen and oxygen atoms in total. The maximum Gasteiger partial charge on any atom is 0.267 e. The fourth-order valence-electron chi connectivity index (χ4n) is 1.86. The Morgan fingerprint density at radius 3 is 2.72 bits per heavy atom. The van der Waals surface area contributed by atoms with E-state index in [2.05, 4.69) is 6.58 Å². The van der Waals surface area contributed by atoms with E-state index < -0.39 is 22.0 Å². The van der Waals surface area contributed by atoms with E-state index in [1.807, 2.05) is 30.1 Å². The van der Waals surface area contributed by atoms with Crippen molar-refractivity contribution in [1.29, 1.82) is 0 Å². The Labute approximate surface area is 108 Å². The maximum atomic E-state index is 10.7. The highest BCUT2D eigenvalue weighted by molar-refractivity contribution is 7.85. The minimum Gasteiger partial charge on any atom is -0.390 e. The molecule has 0 spiro atoms. The second kappa shape index (κ2) is 6.17. The van der Waals surface area contributed by atoms with Crippen LogP contribution in [0.3, 0.4) is 0 Å². The van der Waals surface area contributed by atoms with Crippen molar-refractivity contribution in [1.82, 2.24) is 4.90 Å². The summed E-state index contributed by atoms with van der Waals surface area (Å²) in [4.78, 5) is 1.88. The summed E-state index contributed by atoms with van der Waals surface area (Å²) in [5.41, 5.74) is 1.95. The molecule has 0 aromatic rings. The highest BCUT2D eigenvalue weighted by atomic mass is 32.2. The van der Waals surface area contributed by atoms with Gasteiger partial charge in [-0.15, -0.1) is 0 Å². The van der Waals surface area contributed by atoms with E-state index in [4.69, 9.17) is 4.55 Å². The van der Waals surface area contributed by atoms with Gasteiger partial charge in [-0.25, -0.2) is 0 Å². The standard InChI is InChI=1S/C12H19NO4S/c1-3-13(8-12(14)9-18(15,16)17)11-6-4-5-10(2)7-11/h4-6,12,14H,2-3,7-9H2,1H3,(H,15,16,17). The van der Waals surface area contributed by atoms with Crippen molar-refractivity contribution in [2.75, 3.05) is 18.8 Å². The second-order valence-electron chi connectivity index (χ2n) is 4.29. The van der Waals surface area contributed by atoms with Gasteiger partial charge in [-0.2, -0.15) is 8.42 Å². The fraction of sp³-hybridized carbons (Fsp3) is 0.500. The quantitative estimate of drug-likeness (QED) is 0.705. The smallest absolute Gasteiger partial charge is 0.267 e. The highest BCUT2D eigenvalue weighted by Crippen LogP contribution is 2.20. The predicted molar refractivity (Wildman–Crippen MR) is 70.6 cm³/mol. The van der Waals surface area contributed by atoms with E-state index >= 15 is 0 Å². The third-order valence-corrected chi connectivity index (χ3v) is 3.46. The molecule has 102 valence electrons. The van der Waals surface area contributed by atoms with Crippen LogP contribution in [-0.2, 0) is 10.1 Å². The fourth-order valence-corrected chi connectivity index (χ4v) is 2.45. The minimum atomic E-state index is -4.15. The van der Waals surface area contributed by atoms with E-state index in [-0.39, 0.29) is 6.54 Å². The molecular weight excluding hydrogens is 254 g/mol. The summed E-state index contributed by atoms with van der Waals surface area (Å²) in [6.45, 7) is 6.60. The monoisotopic (exact) mass is 273 g/mol. The predicted octanol–water partition coefficient (Wildman–Crippen LogP) is 0.957. The SMILES string of the molecule is C=C1C=CC=C(N(CC)CC(O)CS(=O)(=O)O)C1. The van der Waals surface area contributed by atoms with Crippen molar-refractivity contribution in [3.63, 3.8) is 0 Å². The average Bonchev–Trinajstić information content (AvgIpc) is 2.23. The van der Waals surface area contributed by atoms with E-state index in [9.17, 15) is 13.5 Å². The molecule has 1 unspecified atom stereocenters. The first-order valence-electron chi connectivity index (χ1n) is 5.75. The lowest BCUT2D eigenvalue weighted by Gasteiger charge is -2.29.